The standard InChI is InChI=1S/C14H18F3NO/c1-9-6-18(7-10(9)2)12-4-3-11(8-19)13(5-12)14(15,16)17/h3-5,9-10,19H,6-8H2,1-2H3. The van der Waals surface area contributed by atoms with E-state index in [4.69, 9.17) is 5.11 Å². The second-order valence-electron chi connectivity index (χ2n) is 5.36. The van der Waals surface area contributed by atoms with Crippen LogP contribution in [-0.2, 0) is 12.8 Å². The third kappa shape index (κ3) is 2.86. The summed E-state index contributed by atoms with van der Waals surface area (Å²) in [5.41, 5.74) is -0.225. The topological polar surface area (TPSA) is 23.5 Å². The fraction of sp³-hybridized carbons (Fsp3) is 0.571. The second kappa shape index (κ2) is 5.04. The Labute approximate surface area is 110 Å². The second-order valence-corrected chi connectivity index (χ2v) is 5.36. The van der Waals surface area contributed by atoms with E-state index in [2.05, 4.69) is 13.8 Å². The lowest BCUT2D eigenvalue weighted by atomic mass is 10.0. The number of benzene rings is 1. The average molecular weight is 273 g/mol. The van der Waals surface area contributed by atoms with Gasteiger partial charge >= 0.3 is 6.18 Å². The van der Waals surface area contributed by atoms with Gasteiger partial charge in [-0.3, -0.25) is 0 Å². The fourth-order valence-electron chi connectivity index (χ4n) is 2.50. The molecule has 0 spiro atoms. The van der Waals surface area contributed by atoms with Crippen LogP contribution in [0.2, 0.25) is 0 Å². The molecule has 1 aromatic carbocycles. The Morgan fingerprint density at radius 2 is 1.79 bits per heavy atom. The molecule has 1 saturated heterocycles. The number of aliphatic hydroxyl groups excluding tert-OH is 1. The number of nitrogens with zero attached hydrogens (tertiary/aromatic N) is 1. The molecular weight excluding hydrogens is 255 g/mol. The number of alkyl halides is 3. The number of hydrogen-bond acceptors (Lipinski definition) is 2. The lowest BCUT2D eigenvalue weighted by Gasteiger charge is -2.21. The van der Waals surface area contributed by atoms with Crippen molar-refractivity contribution in [3.8, 4) is 0 Å². The molecule has 1 heterocycles. The van der Waals surface area contributed by atoms with Crippen molar-refractivity contribution in [3.05, 3.63) is 29.3 Å². The van der Waals surface area contributed by atoms with E-state index in [9.17, 15) is 13.2 Å². The zero-order valence-corrected chi connectivity index (χ0v) is 11.0. The molecule has 1 aliphatic rings. The van der Waals surface area contributed by atoms with Crippen molar-refractivity contribution in [1.82, 2.24) is 0 Å². The van der Waals surface area contributed by atoms with Crippen molar-refractivity contribution in [2.45, 2.75) is 26.6 Å². The first-order chi connectivity index (χ1) is 8.82. The first-order valence-corrected chi connectivity index (χ1v) is 6.39. The van der Waals surface area contributed by atoms with Gasteiger partial charge in [0.05, 0.1) is 12.2 Å². The van der Waals surface area contributed by atoms with Crippen molar-refractivity contribution >= 4 is 5.69 Å². The molecule has 0 saturated carbocycles. The minimum atomic E-state index is -4.43. The Kier molecular flexibility index (Phi) is 3.76. The summed E-state index contributed by atoms with van der Waals surface area (Å²) in [5, 5.41) is 9.01. The molecule has 0 bridgehead atoms. The highest BCUT2D eigenvalue weighted by Gasteiger charge is 2.34. The van der Waals surface area contributed by atoms with E-state index in [1.165, 1.54) is 6.07 Å². The summed E-state index contributed by atoms with van der Waals surface area (Å²) in [4.78, 5) is 1.98. The van der Waals surface area contributed by atoms with E-state index in [0.29, 0.717) is 17.5 Å². The van der Waals surface area contributed by atoms with E-state index in [1.807, 2.05) is 4.90 Å². The SMILES string of the molecule is CC1CN(c2ccc(CO)c(C(F)(F)F)c2)CC1C. The van der Waals surface area contributed by atoms with Gasteiger partial charge in [-0.2, -0.15) is 13.2 Å². The number of rotatable bonds is 2. The maximum atomic E-state index is 12.9. The lowest BCUT2D eigenvalue weighted by Crippen LogP contribution is -2.21. The van der Waals surface area contributed by atoms with Crippen LogP contribution in [-0.4, -0.2) is 18.2 Å². The first-order valence-electron chi connectivity index (χ1n) is 6.39. The molecule has 19 heavy (non-hydrogen) atoms. The maximum absolute atomic E-state index is 12.9. The number of aliphatic hydroxyl groups is 1. The van der Waals surface area contributed by atoms with Crippen LogP contribution in [0.15, 0.2) is 18.2 Å². The van der Waals surface area contributed by atoms with Crippen molar-refractivity contribution in [2.24, 2.45) is 11.8 Å². The van der Waals surface area contributed by atoms with Crippen LogP contribution in [0.25, 0.3) is 0 Å². The van der Waals surface area contributed by atoms with Gasteiger partial charge < -0.3 is 10.0 Å². The molecule has 5 heteroatoms. The highest BCUT2D eigenvalue weighted by Crippen LogP contribution is 2.36. The minimum Gasteiger partial charge on any atom is -0.392 e. The number of halogens is 3. The summed E-state index contributed by atoms with van der Waals surface area (Å²) in [7, 11) is 0. The van der Waals surface area contributed by atoms with Crippen molar-refractivity contribution in [3.63, 3.8) is 0 Å². The zero-order valence-electron chi connectivity index (χ0n) is 11.0. The fourth-order valence-corrected chi connectivity index (χ4v) is 2.50. The monoisotopic (exact) mass is 273 g/mol. The van der Waals surface area contributed by atoms with Crippen LogP contribution in [0.1, 0.15) is 25.0 Å². The Hall–Kier alpha value is -1.23. The summed E-state index contributed by atoms with van der Waals surface area (Å²) in [6.07, 6.45) is -4.43. The van der Waals surface area contributed by atoms with Gasteiger partial charge in [0.1, 0.15) is 0 Å². The molecule has 1 aliphatic heterocycles. The smallest absolute Gasteiger partial charge is 0.392 e. The highest BCUT2D eigenvalue weighted by atomic mass is 19.4. The zero-order chi connectivity index (χ0) is 14.2. The van der Waals surface area contributed by atoms with Gasteiger partial charge in [0, 0.05) is 18.8 Å². The molecule has 0 amide bonds. The van der Waals surface area contributed by atoms with Crippen LogP contribution in [0.5, 0.6) is 0 Å². The Morgan fingerprint density at radius 3 is 2.26 bits per heavy atom. The summed E-state index contributed by atoms with van der Waals surface area (Å²) >= 11 is 0. The van der Waals surface area contributed by atoms with Crippen molar-refractivity contribution in [2.75, 3.05) is 18.0 Å². The van der Waals surface area contributed by atoms with Gasteiger partial charge in [0.2, 0.25) is 0 Å². The largest absolute Gasteiger partial charge is 0.416 e. The molecule has 0 aromatic heterocycles. The Morgan fingerprint density at radius 1 is 1.21 bits per heavy atom. The average Bonchev–Trinajstić information content (AvgIpc) is 2.68. The van der Waals surface area contributed by atoms with Gasteiger partial charge in [-0.05, 0) is 29.5 Å². The van der Waals surface area contributed by atoms with Gasteiger partial charge in [-0.1, -0.05) is 19.9 Å². The third-order valence-electron chi connectivity index (χ3n) is 3.92. The van der Waals surface area contributed by atoms with Gasteiger partial charge in [-0.25, -0.2) is 0 Å². The number of hydrogen-bond donors (Lipinski definition) is 1. The summed E-state index contributed by atoms with van der Waals surface area (Å²) in [6, 6.07) is 4.17. The lowest BCUT2D eigenvalue weighted by molar-refractivity contribution is -0.138. The van der Waals surface area contributed by atoms with E-state index in [1.54, 1.807) is 6.07 Å². The molecule has 2 atom stereocenters. The van der Waals surface area contributed by atoms with E-state index in [0.717, 1.165) is 19.2 Å². The minimum absolute atomic E-state index is 0.0726. The maximum Gasteiger partial charge on any atom is 0.416 e. The Balaban J connectivity index is 2.34. The van der Waals surface area contributed by atoms with Crippen LogP contribution < -0.4 is 4.90 Å². The van der Waals surface area contributed by atoms with Gasteiger partial charge in [0.25, 0.3) is 0 Å². The van der Waals surface area contributed by atoms with E-state index < -0.39 is 18.3 Å². The molecule has 2 rings (SSSR count). The van der Waals surface area contributed by atoms with Crippen LogP contribution in [0, 0.1) is 11.8 Å². The summed E-state index contributed by atoms with van der Waals surface area (Å²) < 4.78 is 38.8. The molecule has 1 aromatic rings. The molecule has 0 aliphatic carbocycles. The van der Waals surface area contributed by atoms with Crippen molar-refractivity contribution in [1.29, 1.82) is 0 Å². The predicted octanol–water partition coefficient (Wildman–Crippen LogP) is 3.29. The quantitative estimate of drug-likeness (QED) is 0.893. The first kappa shape index (κ1) is 14.2. The predicted molar refractivity (Wildman–Crippen MR) is 67.9 cm³/mol. The molecule has 106 valence electrons. The summed E-state index contributed by atoms with van der Waals surface area (Å²) in [5.74, 6) is 0.957. The number of anilines is 1. The molecule has 1 N–H and O–H groups in total. The molecule has 0 radical (unpaired) electrons. The van der Waals surface area contributed by atoms with E-state index in [-0.39, 0.29) is 5.56 Å². The third-order valence-corrected chi connectivity index (χ3v) is 3.92. The molecule has 2 nitrogen and oxygen atoms in total. The summed E-state index contributed by atoms with van der Waals surface area (Å²) in [6.45, 7) is 5.17. The van der Waals surface area contributed by atoms with Crippen molar-refractivity contribution < 1.29 is 18.3 Å². The molecule has 2 unspecified atom stereocenters. The van der Waals surface area contributed by atoms with Gasteiger partial charge in [0.15, 0.2) is 0 Å². The van der Waals surface area contributed by atoms with Gasteiger partial charge in [-0.15, -0.1) is 0 Å². The molecule has 1 fully saturated rings. The van der Waals surface area contributed by atoms with E-state index >= 15 is 0 Å². The molecular formula is C14H18F3NO. The normalized spacial score (nSPS) is 24.0. The highest BCUT2D eigenvalue weighted by molar-refractivity contribution is 5.52. The van der Waals surface area contributed by atoms with Crippen LogP contribution >= 0.6 is 0 Å². The Bertz CT molecular complexity index is 448. The van der Waals surface area contributed by atoms with Crippen LogP contribution in [0.3, 0.4) is 0 Å². The van der Waals surface area contributed by atoms with Crippen LogP contribution in [0.4, 0.5) is 18.9 Å².